The maximum absolute atomic E-state index is 6.42. The average molecular weight is 430 g/mol. The number of nitrogens with one attached hydrogen (secondary N) is 1. The van der Waals surface area contributed by atoms with Crippen molar-refractivity contribution in [3.8, 4) is 5.75 Å². The molecule has 4 aromatic carbocycles. The van der Waals surface area contributed by atoms with E-state index < -0.39 is 0 Å². The van der Waals surface area contributed by atoms with Gasteiger partial charge in [0, 0.05) is 15.6 Å². The Balaban J connectivity index is 1.67. The molecule has 1 aliphatic heterocycles. The van der Waals surface area contributed by atoms with Crippen molar-refractivity contribution in [2.24, 2.45) is 0 Å². The SMILES string of the molecule is Cc1ccc([C@@H]2N[C@@H](c3ccc(Br)cc3)c3c(ccc4ccccc34)O2)cc1. The molecule has 2 nitrogen and oxygen atoms in total. The lowest BCUT2D eigenvalue weighted by molar-refractivity contribution is 0.134. The summed E-state index contributed by atoms with van der Waals surface area (Å²) in [6.45, 7) is 2.10. The molecule has 2 atom stereocenters. The van der Waals surface area contributed by atoms with E-state index in [4.69, 9.17) is 4.74 Å². The van der Waals surface area contributed by atoms with Crippen LogP contribution in [-0.4, -0.2) is 0 Å². The van der Waals surface area contributed by atoms with E-state index in [9.17, 15) is 0 Å². The summed E-state index contributed by atoms with van der Waals surface area (Å²) >= 11 is 3.55. The van der Waals surface area contributed by atoms with Crippen LogP contribution in [0.1, 0.15) is 34.5 Å². The van der Waals surface area contributed by atoms with Crippen LogP contribution in [0.4, 0.5) is 0 Å². The van der Waals surface area contributed by atoms with Crippen LogP contribution in [0.3, 0.4) is 0 Å². The number of halogens is 1. The summed E-state index contributed by atoms with van der Waals surface area (Å²) in [4.78, 5) is 0. The van der Waals surface area contributed by atoms with Crippen LogP contribution < -0.4 is 10.1 Å². The lowest BCUT2D eigenvalue weighted by Gasteiger charge is -2.35. The van der Waals surface area contributed by atoms with Gasteiger partial charge >= 0.3 is 0 Å². The molecule has 0 unspecified atom stereocenters. The van der Waals surface area contributed by atoms with Gasteiger partial charge in [0.25, 0.3) is 0 Å². The van der Waals surface area contributed by atoms with Gasteiger partial charge in [-0.05, 0) is 41.5 Å². The third-order valence-corrected chi connectivity index (χ3v) is 5.89. The number of benzene rings is 4. The fraction of sp³-hybridized carbons (Fsp3) is 0.120. The van der Waals surface area contributed by atoms with Gasteiger partial charge in [-0.2, -0.15) is 0 Å². The molecule has 1 aliphatic rings. The minimum atomic E-state index is -0.192. The van der Waals surface area contributed by atoms with Gasteiger partial charge in [0.15, 0.2) is 6.23 Å². The molecule has 0 fully saturated rings. The van der Waals surface area contributed by atoms with Gasteiger partial charge in [-0.1, -0.05) is 88.2 Å². The van der Waals surface area contributed by atoms with Gasteiger partial charge in [0.1, 0.15) is 5.75 Å². The summed E-state index contributed by atoms with van der Waals surface area (Å²) in [5.41, 5.74) is 4.80. The maximum Gasteiger partial charge on any atom is 0.177 e. The highest BCUT2D eigenvalue weighted by Gasteiger charge is 2.31. The number of fused-ring (bicyclic) bond motifs is 3. The smallest absolute Gasteiger partial charge is 0.177 e. The van der Waals surface area contributed by atoms with Gasteiger partial charge in [-0.25, -0.2) is 0 Å². The molecule has 138 valence electrons. The van der Waals surface area contributed by atoms with Gasteiger partial charge in [-0.3, -0.25) is 5.32 Å². The molecule has 4 aromatic rings. The van der Waals surface area contributed by atoms with E-state index >= 15 is 0 Å². The van der Waals surface area contributed by atoms with Crippen molar-refractivity contribution in [3.05, 3.63) is 112 Å². The first-order valence-electron chi connectivity index (χ1n) is 9.45. The van der Waals surface area contributed by atoms with Crippen molar-refractivity contribution in [1.29, 1.82) is 0 Å². The second-order valence-corrected chi connectivity index (χ2v) is 8.17. The molecule has 1 heterocycles. The summed E-state index contributed by atoms with van der Waals surface area (Å²) in [6, 6.07) is 29.9. The first-order valence-corrected chi connectivity index (χ1v) is 10.2. The van der Waals surface area contributed by atoms with E-state index in [2.05, 4.69) is 113 Å². The summed E-state index contributed by atoms with van der Waals surface area (Å²) in [6.07, 6.45) is -0.192. The molecule has 0 radical (unpaired) electrons. The van der Waals surface area contributed by atoms with Crippen molar-refractivity contribution in [3.63, 3.8) is 0 Å². The van der Waals surface area contributed by atoms with E-state index in [1.165, 1.54) is 27.5 Å². The molecule has 0 bridgehead atoms. The molecule has 0 amide bonds. The lowest BCUT2D eigenvalue weighted by atomic mass is 9.91. The quantitative estimate of drug-likeness (QED) is 0.383. The van der Waals surface area contributed by atoms with Crippen molar-refractivity contribution < 1.29 is 4.74 Å². The Hall–Kier alpha value is -2.62. The summed E-state index contributed by atoms with van der Waals surface area (Å²) in [7, 11) is 0. The molecule has 0 saturated carbocycles. The Labute approximate surface area is 173 Å². The zero-order valence-electron chi connectivity index (χ0n) is 15.5. The molecular weight excluding hydrogens is 410 g/mol. The van der Waals surface area contributed by atoms with Crippen LogP contribution in [0.2, 0.25) is 0 Å². The fourth-order valence-corrected chi connectivity index (χ4v) is 4.16. The second kappa shape index (κ2) is 7.08. The summed E-state index contributed by atoms with van der Waals surface area (Å²) in [5, 5.41) is 6.19. The standard InChI is InChI=1S/C25H20BrNO/c1-16-6-8-19(9-7-16)25-27-24(18-10-13-20(26)14-11-18)23-21-5-3-2-4-17(21)12-15-22(23)28-25/h2-15,24-25,27H,1H3/t24-,25+/m0/s1. The average Bonchev–Trinajstić information content (AvgIpc) is 2.74. The lowest BCUT2D eigenvalue weighted by Crippen LogP contribution is -2.35. The Morgan fingerprint density at radius 1 is 0.786 bits per heavy atom. The predicted octanol–water partition coefficient (Wildman–Crippen LogP) is 6.68. The second-order valence-electron chi connectivity index (χ2n) is 7.26. The molecule has 28 heavy (non-hydrogen) atoms. The van der Waals surface area contributed by atoms with Crippen molar-refractivity contribution in [2.45, 2.75) is 19.2 Å². The Bertz CT molecular complexity index is 1140. The van der Waals surface area contributed by atoms with Crippen LogP contribution in [0.15, 0.2) is 89.4 Å². The fourth-order valence-electron chi connectivity index (χ4n) is 3.90. The molecule has 0 aliphatic carbocycles. The Morgan fingerprint density at radius 2 is 1.50 bits per heavy atom. The van der Waals surface area contributed by atoms with Crippen molar-refractivity contribution >= 4 is 26.7 Å². The van der Waals surface area contributed by atoms with Gasteiger partial charge in [-0.15, -0.1) is 0 Å². The summed E-state index contributed by atoms with van der Waals surface area (Å²) in [5.74, 6) is 0.941. The zero-order chi connectivity index (χ0) is 19.1. The number of hydrogen-bond donors (Lipinski definition) is 1. The first-order chi connectivity index (χ1) is 13.7. The number of rotatable bonds is 2. The molecule has 5 rings (SSSR count). The number of aryl methyl sites for hydroxylation is 1. The minimum absolute atomic E-state index is 0.0502. The Kier molecular flexibility index (Phi) is 4.42. The van der Waals surface area contributed by atoms with Crippen LogP contribution in [0.25, 0.3) is 10.8 Å². The van der Waals surface area contributed by atoms with E-state index in [1.54, 1.807) is 0 Å². The van der Waals surface area contributed by atoms with Crippen molar-refractivity contribution in [1.82, 2.24) is 5.32 Å². The molecule has 3 heteroatoms. The normalized spacial score (nSPS) is 18.5. The van der Waals surface area contributed by atoms with E-state index in [1.807, 2.05) is 0 Å². The minimum Gasteiger partial charge on any atom is -0.471 e. The maximum atomic E-state index is 6.42. The predicted molar refractivity (Wildman–Crippen MR) is 118 cm³/mol. The topological polar surface area (TPSA) is 21.3 Å². The largest absolute Gasteiger partial charge is 0.471 e. The highest BCUT2D eigenvalue weighted by molar-refractivity contribution is 9.10. The number of hydrogen-bond acceptors (Lipinski definition) is 2. The van der Waals surface area contributed by atoms with Crippen LogP contribution >= 0.6 is 15.9 Å². The van der Waals surface area contributed by atoms with Crippen LogP contribution in [0.5, 0.6) is 5.75 Å². The van der Waals surface area contributed by atoms with Crippen molar-refractivity contribution in [2.75, 3.05) is 0 Å². The van der Waals surface area contributed by atoms with Gasteiger partial charge in [0.05, 0.1) is 6.04 Å². The molecular formula is C25H20BrNO. The van der Waals surface area contributed by atoms with E-state index in [-0.39, 0.29) is 12.3 Å². The number of ether oxygens (including phenoxy) is 1. The molecule has 0 spiro atoms. The van der Waals surface area contributed by atoms with Gasteiger partial charge < -0.3 is 4.74 Å². The molecule has 0 saturated heterocycles. The first kappa shape index (κ1) is 17.5. The van der Waals surface area contributed by atoms with Crippen LogP contribution in [-0.2, 0) is 0 Å². The third-order valence-electron chi connectivity index (χ3n) is 5.37. The monoisotopic (exact) mass is 429 g/mol. The highest BCUT2D eigenvalue weighted by Crippen LogP contribution is 2.42. The van der Waals surface area contributed by atoms with E-state index in [0.29, 0.717) is 0 Å². The van der Waals surface area contributed by atoms with Crippen LogP contribution in [0, 0.1) is 6.92 Å². The highest BCUT2D eigenvalue weighted by atomic mass is 79.9. The van der Waals surface area contributed by atoms with Gasteiger partial charge in [0.2, 0.25) is 0 Å². The molecule has 0 aromatic heterocycles. The zero-order valence-corrected chi connectivity index (χ0v) is 17.1. The Morgan fingerprint density at radius 3 is 2.29 bits per heavy atom. The summed E-state index contributed by atoms with van der Waals surface area (Å²) < 4.78 is 7.50. The third kappa shape index (κ3) is 3.11. The molecule has 1 N–H and O–H groups in total. The van der Waals surface area contributed by atoms with E-state index in [0.717, 1.165) is 15.8 Å².